The quantitative estimate of drug-likeness (QED) is 0.371. The van der Waals surface area contributed by atoms with E-state index in [1.165, 1.54) is 32.1 Å². The van der Waals surface area contributed by atoms with Gasteiger partial charge in [-0.1, -0.05) is 39.5 Å². The fourth-order valence-corrected chi connectivity index (χ4v) is 2.44. The summed E-state index contributed by atoms with van der Waals surface area (Å²) in [6.45, 7) is 4.00. The molecular weight excluding hydrogens is 300 g/mol. The first-order valence-corrected chi connectivity index (χ1v) is 8.85. The number of hydrogen-bond donors (Lipinski definition) is 0. The average Bonchev–Trinajstić information content (AvgIpc) is 2.63. The second kappa shape index (κ2) is 9.81. The van der Waals surface area contributed by atoms with Gasteiger partial charge in [0.15, 0.2) is 0 Å². The molecule has 2 rings (SSSR count). The molecule has 0 saturated heterocycles. The predicted molar refractivity (Wildman–Crippen MR) is 95.9 cm³/mol. The highest BCUT2D eigenvalue weighted by Gasteiger charge is 2.04. The third-order valence-electron chi connectivity index (χ3n) is 3.91. The predicted octanol–water partition coefficient (Wildman–Crippen LogP) is 4.97. The Labute approximate surface area is 144 Å². The van der Waals surface area contributed by atoms with Crippen LogP contribution in [0.15, 0.2) is 36.7 Å². The molecule has 0 aliphatic heterocycles. The summed E-state index contributed by atoms with van der Waals surface area (Å²) in [6, 6.07) is 7.36. The number of benzene rings is 1. The average molecular weight is 326 g/mol. The third kappa shape index (κ3) is 5.76. The van der Waals surface area contributed by atoms with Crippen LogP contribution in [-0.2, 0) is 11.2 Å². The van der Waals surface area contributed by atoms with Crippen molar-refractivity contribution in [2.75, 3.05) is 0 Å². The van der Waals surface area contributed by atoms with Crippen molar-refractivity contribution in [3.05, 3.63) is 42.4 Å². The summed E-state index contributed by atoms with van der Waals surface area (Å²) in [5.41, 5.74) is 2.84. The van der Waals surface area contributed by atoms with Crippen molar-refractivity contribution in [3.8, 4) is 17.0 Å². The van der Waals surface area contributed by atoms with E-state index >= 15 is 0 Å². The number of rotatable bonds is 9. The van der Waals surface area contributed by atoms with Crippen LogP contribution in [0.2, 0.25) is 0 Å². The maximum Gasteiger partial charge on any atom is 0.310 e. The van der Waals surface area contributed by atoms with Gasteiger partial charge in [-0.25, -0.2) is 0 Å². The molecule has 0 aliphatic carbocycles. The Bertz CT molecular complexity index is 621. The first-order valence-electron chi connectivity index (χ1n) is 8.85. The highest BCUT2D eigenvalue weighted by Crippen LogP contribution is 2.20. The standard InChI is InChI=1S/C20H26N2O2/c1-3-5-6-7-8-9-17-14-22-19(15-21-17)16-10-12-18(13-11-16)24-20(23)4-2/h10-15H,3-9H2,1-2H3. The lowest BCUT2D eigenvalue weighted by molar-refractivity contribution is -0.134. The summed E-state index contributed by atoms with van der Waals surface area (Å²) in [5, 5.41) is 0. The molecule has 4 nitrogen and oxygen atoms in total. The van der Waals surface area contributed by atoms with Gasteiger partial charge in [0.2, 0.25) is 0 Å². The highest BCUT2D eigenvalue weighted by molar-refractivity contribution is 5.72. The van der Waals surface area contributed by atoms with Crippen molar-refractivity contribution in [2.24, 2.45) is 0 Å². The molecule has 1 heterocycles. The summed E-state index contributed by atoms with van der Waals surface area (Å²) in [7, 11) is 0. The van der Waals surface area contributed by atoms with E-state index in [9.17, 15) is 4.79 Å². The van der Waals surface area contributed by atoms with Gasteiger partial charge in [-0.3, -0.25) is 14.8 Å². The zero-order valence-corrected chi connectivity index (χ0v) is 14.6. The zero-order chi connectivity index (χ0) is 17.2. The molecule has 0 fully saturated rings. The van der Waals surface area contributed by atoms with Crippen LogP contribution >= 0.6 is 0 Å². The van der Waals surface area contributed by atoms with Crippen molar-refractivity contribution in [1.82, 2.24) is 9.97 Å². The molecule has 0 aliphatic rings. The first-order chi connectivity index (χ1) is 11.7. The van der Waals surface area contributed by atoms with Gasteiger partial charge in [0.05, 0.1) is 17.6 Å². The van der Waals surface area contributed by atoms with Gasteiger partial charge in [0, 0.05) is 18.2 Å². The van der Waals surface area contributed by atoms with Crippen molar-refractivity contribution in [3.63, 3.8) is 0 Å². The Morgan fingerprint density at radius 2 is 1.71 bits per heavy atom. The molecule has 0 N–H and O–H groups in total. The molecule has 128 valence electrons. The maximum atomic E-state index is 11.3. The van der Waals surface area contributed by atoms with Gasteiger partial charge in [0.25, 0.3) is 0 Å². The van der Waals surface area contributed by atoms with Crippen molar-refractivity contribution >= 4 is 5.97 Å². The van der Waals surface area contributed by atoms with Gasteiger partial charge < -0.3 is 4.74 Å². The lowest BCUT2D eigenvalue weighted by atomic mass is 10.1. The number of hydrogen-bond acceptors (Lipinski definition) is 4. The Morgan fingerprint density at radius 3 is 2.33 bits per heavy atom. The molecule has 0 radical (unpaired) electrons. The minimum Gasteiger partial charge on any atom is -0.427 e. The Kier molecular flexibility index (Phi) is 7.40. The molecule has 2 aromatic rings. The molecule has 0 saturated carbocycles. The molecule has 1 aromatic carbocycles. The van der Waals surface area contributed by atoms with E-state index in [0.717, 1.165) is 23.4 Å². The molecular formula is C20H26N2O2. The number of unbranched alkanes of at least 4 members (excludes halogenated alkanes) is 4. The van der Waals surface area contributed by atoms with Crippen LogP contribution in [0.4, 0.5) is 0 Å². The van der Waals surface area contributed by atoms with Crippen molar-refractivity contribution < 1.29 is 9.53 Å². The number of carbonyl (C=O) groups is 1. The molecule has 4 heteroatoms. The lowest BCUT2D eigenvalue weighted by Gasteiger charge is -2.05. The summed E-state index contributed by atoms with van der Waals surface area (Å²) in [5.74, 6) is 0.327. The van der Waals surface area contributed by atoms with E-state index in [4.69, 9.17) is 4.74 Å². The Hall–Kier alpha value is -2.23. The topological polar surface area (TPSA) is 52.1 Å². The molecule has 24 heavy (non-hydrogen) atoms. The van der Waals surface area contributed by atoms with Crippen molar-refractivity contribution in [1.29, 1.82) is 0 Å². The van der Waals surface area contributed by atoms with E-state index in [-0.39, 0.29) is 5.97 Å². The summed E-state index contributed by atoms with van der Waals surface area (Å²) in [6.07, 6.45) is 11.3. The van der Waals surface area contributed by atoms with E-state index < -0.39 is 0 Å². The summed E-state index contributed by atoms with van der Waals surface area (Å²) in [4.78, 5) is 20.3. The van der Waals surface area contributed by atoms with Crippen LogP contribution in [0.25, 0.3) is 11.3 Å². The normalized spacial score (nSPS) is 10.6. The second-order valence-corrected chi connectivity index (χ2v) is 5.91. The molecule has 0 atom stereocenters. The van der Waals surface area contributed by atoms with E-state index in [1.807, 2.05) is 24.5 Å². The van der Waals surface area contributed by atoms with E-state index in [0.29, 0.717) is 12.2 Å². The number of aryl methyl sites for hydroxylation is 1. The first kappa shape index (κ1) is 18.1. The molecule has 0 bridgehead atoms. The minimum atomic E-state index is -0.231. The minimum absolute atomic E-state index is 0.231. The number of ether oxygens (including phenoxy) is 1. The number of carbonyl (C=O) groups excluding carboxylic acids is 1. The van der Waals surface area contributed by atoms with Crippen LogP contribution in [0.1, 0.15) is 58.1 Å². The number of nitrogens with zero attached hydrogens (tertiary/aromatic N) is 2. The van der Waals surface area contributed by atoms with Gasteiger partial charge >= 0.3 is 5.97 Å². The molecule has 0 spiro atoms. The number of aromatic nitrogens is 2. The van der Waals surface area contributed by atoms with Gasteiger partial charge in [-0.15, -0.1) is 0 Å². The number of esters is 1. The second-order valence-electron chi connectivity index (χ2n) is 5.91. The van der Waals surface area contributed by atoms with E-state index in [2.05, 4.69) is 16.9 Å². The van der Waals surface area contributed by atoms with Crippen molar-refractivity contribution in [2.45, 2.75) is 58.8 Å². The highest BCUT2D eigenvalue weighted by atomic mass is 16.5. The molecule has 1 aromatic heterocycles. The lowest BCUT2D eigenvalue weighted by Crippen LogP contribution is -2.05. The van der Waals surface area contributed by atoms with Gasteiger partial charge in [0.1, 0.15) is 5.75 Å². The van der Waals surface area contributed by atoms with Crippen LogP contribution in [-0.4, -0.2) is 15.9 Å². The zero-order valence-electron chi connectivity index (χ0n) is 14.6. The van der Waals surface area contributed by atoms with Gasteiger partial charge in [-0.05, 0) is 37.1 Å². The molecule has 0 unspecified atom stereocenters. The monoisotopic (exact) mass is 326 g/mol. The Morgan fingerprint density at radius 1 is 0.958 bits per heavy atom. The van der Waals surface area contributed by atoms with E-state index in [1.54, 1.807) is 19.1 Å². The SMILES string of the molecule is CCCCCCCc1cnc(-c2ccc(OC(=O)CC)cc2)cn1. The summed E-state index contributed by atoms with van der Waals surface area (Å²) >= 11 is 0. The largest absolute Gasteiger partial charge is 0.427 e. The van der Waals surface area contributed by atoms with Crippen LogP contribution < -0.4 is 4.74 Å². The molecule has 0 amide bonds. The fraction of sp³-hybridized carbons (Fsp3) is 0.450. The summed E-state index contributed by atoms with van der Waals surface area (Å²) < 4.78 is 5.17. The van der Waals surface area contributed by atoms with Gasteiger partial charge in [-0.2, -0.15) is 0 Å². The smallest absolute Gasteiger partial charge is 0.310 e. The maximum absolute atomic E-state index is 11.3. The third-order valence-corrected chi connectivity index (χ3v) is 3.91. The fourth-order valence-electron chi connectivity index (χ4n) is 2.44. The van der Waals surface area contributed by atoms with Crippen LogP contribution in [0.5, 0.6) is 5.75 Å². The Balaban J connectivity index is 1.89. The van der Waals surface area contributed by atoms with Crippen LogP contribution in [0, 0.1) is 0 Å². The van der Waals surface area contributed by atoms with Crippen LogP contribution in [0.3, 0.4) is 0 Å².